The minimum absolute atomic E-state index is 1.04. The first-order chi connectivity index (χ1) is 20.3. The molecule has 0 fully saturated rings. The first kappa shape index (κ1) is 29.9. The molecule has 0 saturated heterocycles. The van der Waals surface area contributed by atoms with E-state index in [2.05, 4.69) is 93.4 Å². The molecule has 0 unspecified atom stereocenters. The SMILES string of the molecule is Cc1ccc(-c2ccc(C)nc2)cn1.Cc1cccc(-c2cncc(C)c2)c1.Cc1cncc(-c2ccc(C)nc2)c1. The van der Waals surface area contributed by atoms with Crippen molar-refractivity contribution in [3.63, 3.8) is 0 Å². The highest BCUT2D eigenvalue weighted by Gasteiger charge is 1.99. The van der Waals surface area contributed by atoms with Crippen molar-refractivity contribution in [1.29, 1.82) is 0 Å². The Morgan fingerprint density at radius 3 is 1.12 bits per heavy atom. The molecule has 5 nitrogen and oxygen atoms in total. The molecule has 6 aromatic rings. The molecule has 5 heterocycles. The van der Waals surface area contributed by atoms with Gasteiger partial charge in [0, 0.05) is 88.3 Å². The second-order valence-electron chi connectivity index (χ2n) is 10.4. The van der Waals surface area contributed by atoms with Gasteiger partial charge in [-0.1, -0.05) is 48.0 Å². The standard InChI is InChI=1S/C13H13N.2C12H12N2/c1-10-4-3-5-12(6-10)13-7-11(2)8-14-9-13;1-9-3-5-11(7-13-9)12-6-4-10(2)14-8-12;1-9-5-12(7-13-6-9)11-4-3-10(2)14-8-11/h3-9H,1-2H3;2*3-8H,1-2H3. The summed E-state index contributed by atoms with van der Waals surface area (Å²) in [6.07, 6.45) is 13.1. The largest absolute Gasteiger partial charge is 0.264 e. The normalized spacial score (nSPS) is 10.1. The summed E-state index contributed by atoms with van der Waals surface area (Å²) >= 11 is 0. The van der Waals surface area contributed by atoms with E-state index in [1.807, 2.05) is 89.3 Å². The summed E-state index contributed by atoms with van der Waals surface area (Å²) in [7, 11) is 0. The summed E-state index contributed by atoms with van der Waals surface area (Å²) in [5.41, 5.74) is 13.7. The molecule has 0 aliphatic rings. The molecule has 5 aromatic heterocycles. The zero-order valence-corrected chi connectivity index (χ0v) is 25.2. The first-order valence-electron chi connectivity index (χ1n) is 14.0. The lowest BCUT2D eigenvalue weighted by molar-refractivity contribution is 1.18. The van der Waals surface area contributed by atoms with Crippen molar-refractivity contribution in [2.45, 2.75) is 41.5 Å². The molecular formula is C37H37N5. The lowest BCUT2D eigenvalue weighted by atomic mass is 10.0. The second kappa shape index (κ2) is 14.6. The maximum atomic E-state index is 4.26. The van der Waals surface area contributed by atoms with Crippen molar-refractivity contribution >= 4 is 0 Å². The van der Waals surface area contributed by atoms with Gasteiger partial charge in [0.25, 0.3) is 0 Å². The van der Waals surface area contributed by atoms with Crippen LogP contribution in [0.5, 0.6) is 0 Å². The van der Waals surface area contributed by atoms with Crippen LogP contribution in [-0.4, -0.2) is 24.9 Å². The van der Waals surface area contributed by atoms with Gasteiger partial charge in [-0.25, -0.2) is 0 Å². The van der Waals surface area contributed by atoms with E-state index < -0.39 is 0 Å². The van der Waals surface area contributed by atoms with Crippen LogP contribution in [0, 0.1) is 41.5 Å². The van der Waals surface area contributed by atoms with Gasteiger partial charge in [0.1, 0.15) is 0 Å². The zero-order chi connectivity index (χ0) is 29.9. The zero-order valence-electron chi connectivity index (χ0n) is 25.2. The fourth-order valence-electron chi connectivity index (χ4n) is 4.17. The van der Waals surface area contributed by atoms with Gasteiger partial charge in [-0.15, -0.1) is 0 Å². The fourth-order valence-corrected chi connectivity index (χ4v) is 4.17. The van der Waals surface area contributed by atoms with Crippen LogP contribution < -0.4 is 0 Å². The average Bonchev–Trinajstić information content (AvgIpc) is 2.99. The summed E-state index contributed by atoms with van der Waals surface area (Å²) in [6, 6.07) is 25.0. The molecule has 0 amide bonds. The Hall–Kier alpha value is -5.03. The van der Waals surface area contributed by atoms with Crippen molar-refractivity contribution in [2.24, 2.45) is 0 Å². The third kappa shape index (κ3) is 9.00. The molecule has 0 N–H and O–H groups in total. The van der Waals surface area contributed by atoms with Gasteiger partial charge >= 0.3 is 0 Å². The summed E-state index contributed by atoms with van der Waals surface area (Å²) in [6.45, 7) is 12.2. The molecule has 0 atom stereocenters. The average molecular weight is 552 g/mol. The Morgan fingerprint density at radius 1 is 0.333 bits per heavy atom. The Bertz CT molecular complexity index is 1620. The van der Waals surface area contributed by atoms with E-state index in [0.717, 1.165) is 39.3 Å². The maximum Gasteiger partial charge on any atom is 0.0373 e. The Labute approximate surface area is 249 Å². The fraction of sp³-hybridized carbons (Fsp3) is 0.162. The monoisotopic (exact) mass is 551 g/mol. The quantitative estimate of drug-likeness (QED) is 0.220. The molecule has 0 spiro atoms. The van der Waals surface area contributed by atoms with Gasteiger partial charge in [0.05, 0.1) is 0 Å². The topological polar surface area (TPSA) is 64.5 Å². The number of hydrogen-bond donors (Lipinski definition) is 0. The van der Waals surface area contributed by atoms with Crippen LogP contribution in [0.25, 0.3) is 33.4 Å². The number of benzene rings is 1. The second-order valence-corrected chi connectivity index (χ2v) is 10.4. The van der Waals surface area contributed by atoms with E-state index >= 15 is 0 Å². The molecule has 0 bridgehead atoms. The van der Waals surface area contributed by atoms with Crippen LogP contribution in [0.15, 0.2) is 116 Å². The molecule has 210 valence electrons. The molecule has 5 heteroatoms. The van der Waals surface area contributed by atoms with Gasteiger partial charge in [-0.05, 0) is 88.6 Å². The highest BCUT2D eigenvalue weighted by Crippen LogP contribution is 2.20. The van der Waals surface area contributed by atoms with Crippen LogP contribution >= 0.6 is 0 Å². The smallest absolute Gasteiger partial charge is 0.0373 e. The lowest BCUT2D eigenvalue weighted by Gasteiger charge is -2.02. The van der Waals surface area contributed by atoms with Crippen molar-refractivity contribution in [2.75, 3.05) is 0 Å². The minimum Gasteiger partial charge on any atom is -0.264 e. The van der Waals surface area contributed by atoms with Gasteiger partial charge in [-0.3, -0.25) is 24.9 Å². The molecule has 0 saturated carbocycles. The van der Waals surface area contributed by atoms with Crippen LogP contribution in [0.1, 0.15) is 33.8 Å². The molecule has 0 aliphatic heterocycles. The van der Waals surface area contributed by atoms with Gasteiger partial charge in [-0.2, -0.15) is 0 Å². The third-order valence-corrected chi connectivity index (χ3v) is 6.50. The molecule has 1 aromatic carbocycles. The van der Waals surface area contributed by atoms with E-state index in [4.69, 9.17) is 0 Å². The minimum atomic E-state index is 1.04. The maximum absolute atomic E-state index is 4.26. The number of hydrogen-bond acceptors (Lipinski definition) is 5. The van der Waals surface area contributed by atoms with E-state index in [9.17, 15) is 0 Å². The lowest BCUT2D eigenvalue weighted by Crippen LogP contribution is -1.85. The summed E-state index contributed by atoms with van der Waals surface area (Å²) in [4.78, 5) is 21.1. The van der Waals surface area contributed by atoms with Crippen LogP contribution in [0.2, 0.25) is 0 Å². The van der Waals surface area contributed by atoms with Gasteiger partial charge < -0.3 is 0 Å². The van der Waals surface area contributed by atoms with Gasteiger partial charge in [0.15, 0.2) is 0 Å². The van der Waals surface area contributed by atoms with Crippen LogP contribution in [0.3, 0.4) is 0 Å². The molecule has 0 aliphatic carbocycles. The highest BCUT2D eigenvalue weighted by atomic mass is 14.7. The number of aromatic nitrogens is 5. The van der Waals surface area contributed by atoms with Crippen LogP contribution in [0.4, 0.5) is 0 Å². The van der Waals surface area contributed by atoms with Crippen LogP contribution in [-0.2, 0) is 0 Å². The van der Waals surface area contributed by atoms with Crippen molar-refractivity contribution in [3.05, 3.63) is 150 Å². The Morgan fingerprint density at radius 2 is 0.738 bits per heavy atom. The summed E-state index contributed by atoms with van der Waals surface area (Å²) in [5.74, 6) is 0. The number of pyridine rings is 5. The summed E-state index contributed by atoms with van der Waals surface area (Å²) < 4.78 is 0. The number of aryl methyl sites for hydroxylation is 6. The Balaban J connectivity index is 0.000000145. The number of rotatable bonds is 3. The molecule has 0 radical (unpaired) electrons. The van der Waals surface area contributed by atoms with E-state index in [1.165, 1.54) is 27.8 Å². The predicted molar refractivity (Wildman–Crippen MR) is 173 cm³/mol. The molecule has 6 rings (SSSR count). The van der Waals surface area contributed by atoms with Crippen molar-refractivity contribution in [1.82, 2.24) is 24.9 Å². The van der Waals surface area contributed by atoms with E-state index in [1.54, 1.807) is 0 Å². The van der Waals surface area contributed by atoms with Crippen molar-refractivity contribution < 1.29 is 0 Å². The van der Waals surface area contributed by atoms with Crippen molar-refractivity contribution in [3.8, 4) is 33.4 Å². The molecule has 42 heavy (non-hydrogen) atoms. The predicted octanol–water partition coefficient (Wildman–Crippen LogP) is 8.89. The Kier molecular flexibility index (Phi) is 10.4. The van der Waals surface area contributed by atoms with Gasteiger partial charge in [0.2, 0.25) is 0 Å². The first-order valence-corrected chi connectivity index (χ1v) is 14.0. The van der Waals surface area contributed by atoms with E-state index in [-0.39, 0.29) is 0 Å². The van der Waals surface area contributed by atoms with E-state index in [0.29, 0.717) is 0 Å². The highest BCUT2D eigenvalue weighted by molar-refractivity contribution is 5.64. The summed E-state index contributed by atoms with van der Waals surface area (Å²) in [5, 5.41) is 0. The third-order valence-electron chi connectivity index (χ3n) is 6.50. The number of nitrogens with zero attached hydrogens (tertiary/aromatic N) is 5. The molecular weight excluding hydrogens is 514 g/mol.